The lowest BCUT2D eigenvalue weighted by molar-refractivity contribution is -0.149. The first-order chi connectivity index (χ1) is 11.5. The lowest BCUT2D eigenvalue weighted by atomic mass is 9.60. The van der Waals surface area contributed by atoms with E-state index in [0.717, 1.165) is 24.8 Å². The summed E-state index contributed by atoms with van der Waals surface area (Å²) in [7, 11) is 1.41. The van der Waals surface area contributed by atoms with Crippen molar-refractivity contribution in [1.29, 1.82) is 0 Å². The minimum absolute atomic E-state index is 0.00953. The van der Waals surface area contributed by atoms with E-state index in [0.29, 0.717) is 12.8 Å². The van der Waals surface area contributed by atoms with Gasteiger partial charge in [-0.25, -0.2) is 0 Å². The molecule has 0 aromatic carbocycles. The van der Waals surface area contributed by atoms with Gasteiger partial charge in [-0.1, -0.05) is 25.2 Å². The second-order valence-corrected chi connectivity index (χ2v) is 8.52. The van der Waals surface area contributed by atoms with Crippen LogP contribution in [0.1, 0.15) is 59.8 Å². The fourth-order valence-corrected chi connectivity index (χ4v) is 4.12. The first-order valence-electron chi connectivity index (χ1n) is 9.23. The van der Waals surface area contributed by atoms with Gasteiger partial charge in [0.1, 0.15) is 0 Å². The van der Waals surface area contributed by atoms with Crippen LogP contribution in [-0.4, -0.2) is 35.0 Å². The van der Waals surface area contributed by atoms with Gasteiger partial charge in [-0.3, -0.25) is 4.79 Å². The summed E-state index contributed by atoms with van der Waals surface area (Å²) in [6.45, 7) is 15.6. The highest BCUT2D eigenvalue weighted by molar-refractivity contribution is 5.72. The number of esters is 1. The molecule has 0 saturated heterocycles. The molecule has 25 heavy (non-hydrogen) atoms. The van der Waals surface area contributed by atoms with Crippen LogP contribution in [0.15, 0.2) is 24.8 Å². The average molecular weight is 353 g/mol. The van der Waals surface area contributed by atoms with E-state index in [-0.39, 0.29) is 29.1 Å². The quantitative estimate of drug-likeness (QED) is 0.514. The number of carbonyl (C=O) groups excluding carboxylic acids is 1. The number of methoxy groups -OCH3 is 1. The van der Waals surface area contributed by atoms with Crippen LogP contribution < -0.4 is 0 Å². The molecule has 0 radical (unpaired) electrons. The zero-order valence-corrected chi connectivity index (χ0v) is 16.5. The van der Waals surface area contributed by atoms with Crippen LogP contribution in [0, 0.1) is 23.2 Å². The van der Waals surface area contributed by atoms with Crippen LogP contribution >= 0.6 is 0 Å². The molecule has 1 fully saturated rings. The number of rotatable bonds is 8. The number of aliphatic hydroxyl groups excluding tert-OH is 1. The third-order valence-electron chi connectivity index (χ3n) is 6.09. The summed E-state index contributed by atoms with van der Waals surface area (Å²) in [6.07, 6.45) is 4.79. The van der Waals surface area contributed by atoms with Crippen molar-refractivity contribution in [2.45, 2.75) is 71.5 Å². The summed E-state index contributed by atoms with van der Waals surface area (Å²) in [5.41, 5.74) is -0.0444. The van der Waals surface area contributed by atoms with Crippen molar-refractivity contribution in [1.82, 2.24) is 0 Å². The molecule has 0 aromatic rings. The zero-order chi connectivity index (χ0) is 19.4. The van der Waals surface area contributed by atoms with E-state index >= 15 is 0 Å². The molecule has 1 rings (SSSR count). The molecule has 0 spiro atoms. The van der Waals surface area contributed by atoms with Crippen molar-refractivity contribution in [3.8, 4) is 0 Å². The van der Waals surface area contributed by atoms with Crippen LogP contribution in [0.3, 0.4) is 0 Å². The minimum atomic E-state index is -1.17. The van der Waals surface area contributed by atoms with Crippen molar-refractivity contribution in [2.75, 3.05) is 7.11 Å². The summed E-state index contributed by atoms with van der Waals surface area (Å²) in [6, 6.07) is 0. The maximum atomic E-state index is 12.4. The highest BCUT2D eigenvalue weighted by atomic mass is 16.5. The minimum Gasteiger partial charge on any atom is -0.469 e. The summed E-state index contributed by atoms with van der Waals surface area (Å²) < 4.78 is 5.03. The number of hydrogen-bond acceptors (Lipinski definition) is 4. The van der Waals surface area contributed by atoms with E-state index in [1.54, 1.807) is 13.8 Å². The number of allylic oxidation sites excluding steroid dienone is 2. The highest BCUT2D eigenvalue weighted by Crippen LogP contribution is 2.49. The standard InChI is InChI=1S/C21H36O4/c1-8-21(6)12-11-15(13-17(21)14(2)3)16(19(23)25-7)9-10-18(22)20(4,5)24/h8,15-18,22,24H,1-2,9-13H2,3-7H3/t15-,16+,17+,18+,21-/m0/s1. The Morgan fingerprint density at radius 2 is 2.04 bits per heavy atom. The Morgan fingerprint density at radius 1 is 1.44 bits per heavy atom. The Balaban J connectivity index is 2.91. The molecule has 0 aromatic heterocycles. The lowest BCUT2D eigenvalue weighted by Gasteiger charge is -2.45. The average Bonchev–Trinajstić information content (AvgIpc) is 2.54. The van der Waals surface area contributed by atoms with Gasteiger partial charge in [0.2, 0.25) is 0 Å². The molecule has 2 N–H and O–H groups in total. The van der Waals surface area contributed by atoms with Gasteiger partial charge in [0.05, 0.1) is 24.7 Å². The molecular weight excluding hydrogens is 316 g/mol. The Labute approximate surface area is 153 Å². The molecule has 4 nitrogen and oxygen atoms in total. The van der Waals surface area contributed by atoms with Gasteiger partial charge in [0, 0.05) is 0 Å². The smallest absolute Gasteiger partial charge is 0.308 e. The molecule has 1 saturated carbocycles. The largest absolute Gasteiger partial charge is 0.469 e. The predicted molar refractivity (Wildman–Crippen MR) is 101 cm³/mol. The van der Waals surface area contributed by atoms with Gasteiger partial charge < -0.3 is 14.9 Å². The van der Waals surface area contributed by atoms with E-state index < -0.39 is 11.7 Å². The maximum Gasteiger partial charge on any atom is 0.308 e. The lowest BCUT2D eigenvalue weighted by Crippen LogP contribution is -2.40. The van der Waals surface area contributed by atoms with Crippen molar-refractivity contribution >= 4 is 5.97 Å². The predicted octanol–water partition coefficient (Wildman–Crippen LogP) is 3.87. The fourth-order valence-electron chi connectivity index (χ4n) is 4.12. The summed E-state index contributed by atoms with van der Waals surface area (Å²) in [4.78, 5) is 12.4. The maximum absolute atomic E-state index is 12.4. The fraction of sp³-hybridized carbons (Fsp3) is 0.762. The second-order valence-electron chi connectivity index (χ2n) is 8.52. The second kappa shape index (κ2) is 8.50. The van der Waals surface area contributed by atoms with Gasteiger partial charge in [0.25, 0.3) is 0 Å². The normalized spacial score (nSPS) is 29.6. The van der Waals surface area contributed by atoms with Crippen molar-refractivity contribution in [3.63, 3.8) is 0 Å². The van der Waals surface area contributed by atoms with Gasteiger partial charge in [-0.05, 0) is 70.1 Å². The van der Waals surface area contributed by atoms with Crippen molar-refractivity contribution < 1.29 is 19.7 Å². The molecular formula is C21H36O4. The van der Waals surface area contributed by atoms with E-state index in [4.69, 9.17) is 4.74 Å². The van der Waals surface area contributed by atoms with Gasteiger partial charge in [-0.15, -0.1) is 6.58 Å². The molecule has 0 unspecified atom stereocenters. The molecule has 0 amide bonds. The zero-order valence-electron chi connectivity index (χ0n) is 16.5. The van der Waals surface area contributed by atoms with E-state index in [1.807, 2.05) is 13.0 Å². The third-order valence-corrected chi connectivity index (χ3v) is 6.09. The molecule has 4 heteroatoms. The van der Waals surface area contributed by atoms with Gasteiger partial charge >= 0.3 is 5.97 Å². The van der Waals surface area contributed by atoms with E-state index in [9.17, 15) is 15.0 Å². The summed E-state index contributed by atoms with van der Waals surface area (Å²) >= 11 is 0. The molecule has 5 atom stereocenters. The van der Waals surface area contributed by atoms with Gasteiger partial charge in [-0.2, -0.15) is 0 Å². The molecule has 1 aliphatic rings. The Kier molecular flexibility index (Phi) is 7.45. The Morgan fingerprint density at radius 3 is 2.48 bits per heavy atom. The molecule has 0 heterocycles. The molecule has 1 aliphatic carbocycles. The van der Waals surface area contributed by atoms with Crippen LogP contribution in [0.25, 0.3) is 0 Å². The van der Waals surface area contributed by atoms with Crippen LogP contribution in [0.5, 0.6) is 0 Å². The van der Waals surface area contributed by atoms with Crippen molar-refractivity contribution in [2.24, 2.45) is 23.2 Å². The monoisotopic (exact) mass is 352 g/mol. The van der Waals surface area contributed by atoms with Gasteiger partial charge in [0.15, 0.2) is 0 Å². The SMILES string of the molecule is C=C[C@@]1(C)CC[C@H]([C@@H](CC[C@@H](O)C(C)(C)O)C(=O)OC)C[C@@H]1C(=C)C. The first kappa shape index (κ1) is 21.9. The number of hydrogen-bond donors (Lipinski definition) is 2. The topological polar surface area (TPSA) is 66.8 Å². The highest BCUT2D eigenvalue weighted by Gasteiger charge is 2.42. The Hall–Kier alpha value is -1.13. The molecule has 0 aliphatic heterocycles. The van der Waals surface area contributed by atoms with Crippen molar-refractivity contribution in [3.05, 3.63) is 24.8 Å². The molecule has 144 valence electrons. The number of carbonyl (C=O) groups is 1. The van der Waals surface area contributed by atoms with Crippen LogP contribution in [-0.2, 0) is 9.53 Å². The molecule has 0 bridgehead atoms. The Bertz CT molecular complexity index is 491. The van der Waals surface area contributed by atoms with E-state index in [2.05, 4.69) is 20.1 Å². The summed E-state index contributed by atoms with van der Waals surface area (Å²) in [5.74, 6) is -0.0138. The van der Waals surface area contributed by atoms with Crippen LogP contribution in [0.2, 0.25) is 0 Å². The number of aliphatic hydroxyl groups is 2. The third kappa shape index (κ3) is 5.42. The van der Waals surface area contributed by atoms with Crippen LogP contribution in [0.4, 0.5) is 0 Å². The summed E-state index contributed by atoms with van der Waals surface area (Å²) in [5, 5.41) is 20.1. The first-order valence-corrected chi connectivity index (χ1v) is 9.23. The van der Waals surface area contributed by atoms with E-state index in [1.165, 1.54) is 7.11 Å². The number of ether oxygens (including phenoxy) is 1.